The maximum absolute atomic E-state index is 15.0. The number of anilines is 1. The number of amides is 4. The Morgan fingerprint density at radius 3 is 2.42 bits per heavy atom. The molecule has 3 N–H and O–H groups in total. The van der Waals surface area contributed by atoms with Crippen molar-refractivity contribution in [3.05, 3.63) is 53.8 Å². The van der Waals surface area contributed by atoms with Crippen LogP contribution < -0.4 is 16.0 Å². The molecule has 1 atom stereocenters. The minimum atomic E-state index is -0.607. The fourth-order valence-electron chi connectivity index (χ4n) is 3.80. The van der Waals surface area contributed by atoms with Crippen LogP contribution in [0.25, 0.3) is 11.1 Å². The van der Waals surface area contributed by atoms with Crippen LogP contribution in [0.1, 0.15) is 12.5 Å². The molecule has 192 valence electrons. The Morgan fingerprint density at radius 2 is 1.83 bits per heavy atom. The number of rotatable bonds is 10. The minimum absolute atomic E-state index is 0.140. The summed E-state index contributed by atoms with van der Waals surface area (Å²) in [7, 11) is 3.51. The van der Waals surface area contributed by atoms with Gasteiger partial charge in [-0.05, 0) is 43.4 Å². The van der Waals surface area contributed by atoms with E-state index in [0.717, 1.165) is 5.56 Å². The van der Waals surface area contributed by atoms with Crippen LogP contribution >= 0.6 is 0 Å². The van der Waals surface area contributed by atoms with Crippen molar-refractivity contribution in [2.24, 2.45) is 5.73 Å². The molecule has 0 spiro atoms. The zero-order valence-electron chi connectivity index (χ0n) is 20.5. The van der Waals surface area contributed by atoms with E-state index in [2.05, 4.69) is 5.32 Å². The Balaban J connectivity index is 1.71. The molecular weight excluding hydrogens is 469 g/mol. The summed E-state index contributed by atoms with van der Waals surface area (Å²) in [5.74, 6) is -1.59. The SMILES string of the molecule is CC(=O)NC[C@H]1CN(c2ccc(-c3ccc(CN(CC(N)=O)C(=O)CN(C)C)cc3)c(F)c2)C(=O)O1. The van der Waals surface area contributed by atoms with Crippen molar-refractivity contribution in [2.45, 2.75) is 19.6 Å². The topological polar surface area (TPSA) is 125 Å². The van der Waals surface area contributed by atoms with Crippen LogP contribution in [0, 0.1) is 5.82 Å². The van der Waals surface area contributed by atoms with Gasteiger partial charge in [-0.15, -0.1) is 0 Å². The number of nitrogens with zero attached hydrogens (tertiary/aromatic N) is 3. The number of cyclic esters (lactones) is 1. The van der Waals surface area contributed by atoms with Crippen molar-refractivity contribution >= 4 is 29.5 Å². The van der Waals surface area contributed by atoms with Crippen molar-refractivity contribution in [3.8, 4) is 11.1 Å². The summed E-state index contributed by atoms with van der Waals surface area (Å²) >= 11 is 0. The van der Waals surface area contributed by atoms with Gasteiger partial charge in [-0.3, -0.25) is 19.3 Å². The van der Waals surface area contributed by atoms with Crippen molar-refractivity contribution in [3.63, 3.8) is 0 Å². The van der Waals surface area contributed by atoms with E-state index in [0.29, 0.717) is 16.8 Å². The number of hydrogen-bond donors (Lipinski definition) is 2. The Hall–Kier alpha value is -3.99. The Kier molecular flexibility index (Phi) is 8.59. The molecule has 0 aliphatic carbocycles. The summed E-state index contributed by atoms with van der Waals surface area (Å²) in [5.41, 5.74) is 7.35. The van der Waals surface area contributed by atoms with Crippen LogP contribution in [-0.4, -0.2) is 80.0 Å². The van der Waals surface area contributed by atoms with Gasteiger partial charge < -0.3 is 25.6 Å². The number of ether oxygens (including phenoxy) is 1. The second-order valence-electron chi connectivity index (χ2n) is 8.87. The van der Waals surface area contributed by atoms with Crippen LogP contribution in [0.4, 0.5) is 14.9 Å². The third-order valence-electron chi connectivity index (χ3n) is 5.51. The third-order valence-corrected chi connectivity index (χ3v) is 5.51. The number of nitrogens with one attached hydrogen (secondary N) is 1. The zero-order chi connectivity index (χ0) is 26.4. The van der Waals surface area contributed by atoms with Gasteiger partial charge in [-0.2, -0.15) is 0 Å². The fourth-order valence-corrected chi connectivity index (χ4v) is 3.80. The summed E-state index contributed by atoms with van der Waals surface area (Å²) in [4.78, 5) is 51.5. The number of benzene rings is 2. The molecule has 11 heteroatoms. The van der Waals surface area contributed by atoms with Gasteiger partial charge in [-0.1, -0.05) is 24.3 Å². The standard InChI is InChI=1S/C25H30FN5O5/c1-16(32)28-11-20-13-31(25(35)36-20)19-8-9-21(22(26)10-19)18-6-4-17(5-7-18)12-30(14-23(27)33)24(34)15-29(2)3/h4-10,20H,11-15H2,1-3H3,(H2,27,33)(H,28,32)/t20-/m0/s1. The highest BCUT2D eigenvalue weighted by Crippen LogP contribution is 2.29. The van der Waals surface area contributed by atoms with E-state index in [1.54, 1.807) is 55.4 Å². The Bertz CT molecular complexity index is 1140. The van der Waals surface area contributed by atoms with Gasteiger partial charge in [0.2, 0.25) is 17.7 Å². The number of halogens is 1. The molecular formula is C25H30FN5O5. The summed E-state index contributed by atoms with van der Waals surface area (Å²) < 4.78 is 20.2. The van der Waals surface area contributed by atoms with Crippen LogP contribution in [0.5, 0.6) is 0 Å². The first-order chi connectivity index (χ1) is 17.0. The van der Waals surface area contributed by atoms with E-state index >= 15 is 4.39 Å². The number of likely N-dealkylation sites (N-methyl/N-ethyl adjacent to an activating group) is 1. The first-order valence-electron chi connectivity index (χ1n) is 11.4. The average molecular weight is 500 g/mol. The predicted octanol–water partition coefficient (Wildman–Crippen LogP) is 1.33. The number of carbonyl (C=O) groups is 4. The molecule has 1 saturated heterocycles. The first kappa shape index (κ1) is 26.6. The lowest BCUT2D eigenvalue weighted by molar-refractivity contribution is -0.136. The molecule has 1 aliphatic rings. The number of nitrogens with two attached hydrogens (primary N) is 1. The fraction of sp³-hybridized carbons (Fsp3) is 0.360. The quantitative estimate of drug-likeness (QED) is 0.508. The van der Waals surface area contributed by atoms with Crippen LogP contribution in [-0.2, 0) is 25.7 Å². The van der Waals surface area contributed by atoms with Gasteiger partial charge in [0, 0.05) is 19.0 Å². The molecule has 0 saturated carbocycles. The van der Waals surface area contributed by atoms with Crippen molar-refractivity contribution in [1.82, 2.24) is 15.1 Å². The summed E-state index contributed by atoms with van der Waals surface area (Å²) in [6, 6.07) is 11.4. The van der Waals surface area contributed by atoms with Crippen molar-refractivity contribution in [2.75, 3.05) is 45.2 Å². The molecule has 36 heavy (non-hydrogen) atoms. The summed E-state index contributed by atoms with van der Waals surface area (Å²) in [5, 5.41) is 2.60. The molecule has 2 aromatic rings. The van der Waals surface area contributed by atoms with E-state index in [1.165, 1.54) is 22.8 Å². The molecule has 0 aromatic heterocycles. The molecule has 0 bridgehead atoms. The summed E-state index contributed by atoms with van der Waals surface area (Å²) in [6.45, 7) is 1.88. The molecule has 1 aliphatic heterocycles. The van der Waals surface area contributed by atoms with E-state index in [4.69, 9.17) is 10.5 Å². The van der Waals surface area contributed by atoms with E-state index in [-0.39, 0.29) is 44.5 Å². The van der Waals surface area contributed by atoms with Gasteiger partial charge in [0.1, 0.15) is 11.9 Å². The highest BCUT2D eigenvalue weighted by molar-refractivity contribution is 5.90. The van der Waals surface area contributed by atoms with Crippen LogP contribution in [0.3, 0.4) is 0 Å². The number of carbonyl (C=O) groups excluding carboxylic acids is 4. The molecule has 0 unspecified atom stereocenters. The molecule has 10 nitrogen and oxygen atoms in total. The highest BCUT2D eigenvalue weighted by atomic mass is 19.1. The van der Waals surface area contributed by atoms with E-state index in [1.807, 2.05) is 0 Å². The smallest absolute Gasteiger partial charge is 0.414 e. The van der Waals surface area contributed by atoms with E-state index < -0.39 is 23.9 Å². The van der Waals surface area contributed by atoms with Crippen LogP contribution in [0.2, 0.25) is 0 Å². The third kappa shape index (κ3) is 7.01. The normalized spacial score (nSPS) is 15.1. The summed E-state index contributed by atoms with van der Waals surface area (Å²) in [6.07, 6.45) is -1.12. The van der Waals surface area contributed by atoms with Crippen LogP contribution in [0.15, 0.2) is 42.5 Å². The monoisotopic (exact) mass is 499 g/mol. The van der Waals surface area contributed by atoms with Gasteiger partial charge >= 0.3 is 6.09 Å². The lowest BCUT2D eigenvalue weighted by atomic mass is 10.0. The molecule has 2 aromatic carbocycles. The highest BCUT2D eigenvalue weighted by Gasteiger charge is 2.32. The molecule has 3 rings (SSSR count). The number of hydrogen-bond acceptors (Lipinski definition) is 6. The second kappa shape index (κ2) is 11.6. The Labute approximate surface area is 208 Å². The van der Waals surface area contributed by atoms with Gasteiger partial charge in [0.05, 0.1) is 31.9 Å². The second-order valence-corrected chi connectivity index (χ2v) is 8.87. The van der Waals surface area contributed by atoms with Gasteiger partial charge in [-0.25, -0.2) is 9.18 Å². The average Bonchev–Trinajstić information content (AvgIpc) is 3.17. The maximum Gasteiger partial charge on any atom is 0.414 e. The van der Waals surface area contributed by atoms with Crippen molar-refractivity contribution < 1.29 is 28.3 Å². The Morgan fingerprint density at radius 1 is 1.14 bits per heavy atom. The lowest BCUT2D eigenvalue weighted by Crippen LogP contribution is -2.42. The molecule has 1 fully saturated rings. The van der Waals surface area contributed by atoms with Crippen molar-refractivity contribution in [1.29, 1.82) is 0 Å². The zero-order valence-corrected chi connectivity index (χ0v) is 20.5. The predicted molar refractivity (Wildman–Crippen MR) is 131 cm³/mol. The van der Waals surface area contributed by atoms with Gasteiger partial charge in [0.25, 0.3) is 0 Å². The van der Waals surface area contributed by atoms with E-state index in [9.17, 15) is 19.2 Å². The molecule has 0 radical (unpaired) electrons. The van der Waals surface area contributed by atoms with Gasteiger partial charge in [0.15, 0.2) is 0 Å². The molecule has 4 amide bonds. The number of primary amides is 1. The minimum Gasteiger partial charge on any atom is -0.442 e. The molecule has 1 heterocycles. The first-order valence-corrected chi connectivity index (χ1v) is 11.4. The maximum atomic E-state index is 15.0. The lowest BCUT2D eigenvalue weighted by Gasteiger charge is -2.23. The largest absolute Gasteiger partial charge is 0.442 e.